The number of carboxylic acid groups (broad SMARTS) is 1. The van der Waals surface area contributed by atoms with Crippen molar-refractivity contribution in [1.29, 1.82) is 0 Å². The molecule has 1 aliphatic rings. The number of benzene rings is 1. The molecular formula is C15H20N2O3. The van der Waals surface area contributed by atoms with E-state index < -0.39 is 12.0 Å². The molecule has 3 N–H and O–H groups in total. The third-order valence-electron chi connectivity index (χ3n) is 3.67. The molecule has 2 atom stereocenters. The molecule has 0 saturated carbocycles. The number of carbonyl (C=O) groups excluding carboxylic acids is 1. The third kappa shape index (κ3) is 2.82. The van der Waals surface area contributed by atoms with Crippen molar-refractivity contribution in [1.82, 2.24) is 0 Å². The Kier molecular flexibility index (Phi) is 4.39. The number of anilines is 1. The maximum absolute atomic E-state index is 12.4. The molecule has 1 aliphatic heterocycles. The Hall–Kier alpha value is -1.88. The molecule has 0 saturated heterocycles. The van der Waals surface area contributed by atoms with Crippen LogP contribution in [0.2, 0.25) is 0 Å². The van der Waals surface area contributed by atoms with E-state index in [1.54, 1.807) is 4.90 Å². The van der Waals surface area contributed by atoms with Crippen molar-refractivity contribution in [3.63, 3.8) is 0 Å². The van der Waals surface area contributed by atoms with Crippen LogP contribution >= 0.6 is 0 Å². The van der Waals surface area contributed by atoms with Crippen LogP contribution in [-0.2, 0) is 9.59 Å². The van der Waals surface area contributed by atoms with Gasteiger partial charge in [-0.3, -0.25) is 9.59 Å². The number of aliphatic carboxylic acids is 1. The van der Waals surface area contributed by atoms with E-state index in [9.17, 15) is 9.59 Å². The van der Waals surface area contributed by atoms with Crippen LogP contribution in [0.4, 0.5) is 5.69 Å². The van der Waals surface area contributed by atoms with Crippen molar-refractivity contribution in [2.45, 2.75) is 38.1 Å². The van der Waals surface area contributed by atoms with Crippen LogP contribution in [0.3, 0.4) is 0 Å². The molecule has 0 radical (unpaired) electrons. The average Bonchev–Trinajstić information content (AvgIpc) is 2.77. The summed E-state index contributed by atoms with van der Waals surface area (Å²) in [6, 6.07) is 6.95. The molecule has 108 valence electrons. The number of rotatable bonds is 5. The second-order valence-corrected chi connectivity index (χ2v) is 5.20. The molecule has 5 nitrogen and oxygen atoms in total. The zero-order valence-corrected chi connectivity index (χ0v) is 11.6. The summed E-state index contributed by atoms with van der Waals surface area (Å²) >= 11 is 0. The van der Waals surface area contributed by atoms with Gasteiger partial charge in [-0.25, -0.2) is 0 Å². The van der Waals surface area contributed by atoms with E-state index in [1.807, 2.05) is 31.2 Å². The predicted molar refractivity (Wildman–Crippen MR) is 76.7 cm³/mol. The van der Waals surface area contributed by atoms with Gasteiger partial charge < -0.3 is 15.7 Å². The number of amides is 1. The van der Waals surface area contributed by atoms with E-state index in [0.717, 1.165) is 17.7 Å². The van der Waals surface area contributed by atoms with Crippen LogP contribution < -0.4 is 10.6 Å². The molecule has 1 aromatic rings. The quantitative estimate of drug-likeness (QED) is 0.857. The Morgan fingerprint density at radius 1 is 1.45 bits per heavy atom. The molecule has 0 bridgehead atoms. The SMILES string of the molecule is CCCC(N)C(=O)N1CC(CC(=O)O)c2ccccc21. The molecule has 0 fully saturated rings. The summed E-state index contributed by atoms with van der Waals surface area (Å²) in [7, 11) is 0. The minimum absolute atomic E-state index is 0.0316. The fourth-order valence-corrected chi connectivity index (χ4v) is 2.72. The summed E-state index contributed by atoms with van der Waals surface area (Å²) in [4.78, 5) is 25.0. The second kappa shape index (κ2) is 6.05. The normalized spacial score (nSPS) is 18.7. The topological polar surface area (TPSA) is 83.6 Å². The van der Waals surface area contributed by atoms with E-state index in [4.69, 9.17) is 10.8 Å². The molecule has 0 aliphatic carbocycles. The van der Waals surface area contributed by atoms with Gasteiger partial charge in [0.1, 0.15) is 0 Å². The third-order valence-corrected chi connectivity index (χ3v) is 3.67. The van der Waals surface area contributed by atoms with Gasteiger partial charge in [0.05, 0.1) is 12.5 Å². The first-order valence-electron chi connectivity index (χ1n) is 6.92. The maximum Gasteiger partial charge on any atom is 0.304 e. The first-order valence-corrected chi connectivity index (χ1v) is 6.92. The van der Waals surface area contributed by atoms with E-state index in [-0.39, 0.29) is 18.2 Å². The molecule has 20 heavy (non-hydrogen) atoms. The van der Waals surface area contributed by atoms with Crippen LogP contribution in [0.5, 0.6) is 0 Å². The summed E-state index contributed by atoms with van der Waals surface area (Å²) in [5.74, 6) is -1.12. The Bertz CT molecular complexity index is 516. The number of carbonyl (C=O) groups is 2. The van der Waals surface area contributed by atoms with Crippen molar-refractivity contribution >= 4 is 17.6 Å². The zero-order valence-electron chi connectivity index (χ0n) is 11.6. The lowest BCUT2D eigenvalue weighted by atomic mass is 9.98. The second-order valence-electron chi connectivity index (χ2n) is 5.20. The minimum Gasteiger partial charge on any atom is -0.481 e. The highest BCUT2D eigenvalue weighted by molar-refractivity contribution is 5.99. The Balaban J connectivity index is 2.24. The first-order chi connectivity index (χ1) is 9.54. The Labute approximate surface area is 118 Å². The molecule has 0 spiro atoms. The number of carboxylic acids is 1. The van der Waals surface area contributed by atoms with Crippen LogP contribution in [0.15, 0.2) is 24.3 Å². The van der Waals surface area contributed by atoms with Gasteiger partial charge in [-0.15, -0.1) is 0 Å². The number of fused-ring (bicyclic) bond motifs is 1. The Morgan fingerprint density at radius 3 is 2.80 bits per heavy atom. The van der Waals surface area contributed by atoms with E-state index in [1.165, 1.54) is 0 Å². The van der Waals surface area contributed by atoms with Gasteiger partial charge in [0.15, 0.2) is 0 Å². The predicted octanol–water partition coefficient (Wildman–Crippen LogP) is 1.72. The molecule has 1 aromatic carbocycles. The highest BCUT2D eigenvalue weighted by atomic mass is 16.4. The van der Waals surface area contributed by atoms with Gasteiger partial charge >= 0.3 is 5.97 Å². The van der Waals surface area contributed by atoms with Gasteiger partial charge in [-0.1, -0.05) is 31.5 Å². The number of nitrogens with two attached hydrogens (primary N) is 1. The van der Waals surface area contributed by atoms with E-state index in [0.29, 0.717) is 13.0 Å². The number of para-hydroxylation sites is 1. The Morgan fingerprint density at radius 2 is 2.15 bits per heavy atom. The van der Waals surface area contributed by atoms with Crippen molar-refractivity contribution in [2.24, 2.45) is 5.73 Å². The van der Waals surface area contributed by atoms with Crippen LogP contribution in [0.1, 0.15) is 37.7 Å². The van der Waals surface area contributed by atoms with Crippen molar-refractivity contribution in [2.75, 3.05) is 11.4 Å². The van der Waals surface area contributed by atoms with Crippen LogP contribution in [0, 0.1) is 0 Å². The molecule has 2 rings (SSSR count). The van der Waals surface area contributed by atoms with Crippen LogP contribution in [-0.4, -0.2) is 29.6 Å². The summed E-state index contributed by atoms with van der Waals surface area (Å²) < 4.78 is 0. The first kappa shape index (κ1) is 14.5. The average molecular weight is 276 g/mol. The number of nitrogens with zero attached hydrogens (tertiary/aromatic N) is 1. The molecular weight excluding hydrogens is 256 g/mol. The molecule has 1 heterocycles. The van der Waals surface area contributed by atoms with Gasteiger partial charge in [-0.05, 0) is 18.1 Å². The monoisotopic (exact) mass is 276 g/mol. The standard InChI is InChI=1S/C15H20N2O3/c1-2-5-12(16)15(20)17-9-10(8-14(18)19)11-6-3-4-7-13(11)17/h3-4,6-7,10,12H,2,5,8-9,16H2,1H3,(H,18,19). The van der Waals surface area contributed by atoms with Gasteiger partial charge in [-0.2, -0.15) is 0 Å². The maximum atomic E-state index is 12.4. The van der Waals surface area contributed by atoms with Gasteiger partial charge in [0.2, 0.25) is 5.91 Å². The summed E-state index contributed by atoms with van der Waals surface area (Å²) in [5, 5.41) is 8.99. The van der Waals surface area contributed by atoms with E-state index in [2.05, 4.69) is 0 Å². The lowest BCUT2D eigenvalue weighted by molar-refractivity contribution is -0.137. The molecule has 2 unspecified atom stereocenters. The number of hydrogen-bond acceptors (Lipinski definition) is 3. The summed E-state index contributed by atoms with van der Waals surface area (Å²) in [6.07, 6.45) is 1.52. The zero-order chi connectivity index (χ0) is 14.7. The molecule has 5 heteroatoms. The molecule has 0 aromatic heterocycles. The largest absolute Gasteiger partial charge is 0.481 e. The summed E-state index contributed by atoms with van der Waals surface area (Å²) in [5.41, 5.74) is 7.63. The minimum atomic E-state index is -0.850. The fraction of sp³-hybridized carbons (Fsp3) is 0.467. The lowest BCUT2D eigenvalue weighted by Crippen LogP contribution is -2.43. The fourth-order valence-electron chi connectivity index (χ4n) is 2.72. The van der Waals surface area contributed by atoms with Crippen molar-refractivity contribution in [3.05, 3.63) is 29.8 Å². The number of hydrogen-bond donors (Lipinski definition) is 2. The van der Waals surface area contributed by atoms with Gasteiger partial charge in [0, 0.05) is 18.2 Å². The highest BCUT2D eigenvalue weighted by Gasteiger charge is 2.34. The van der Waals surface area contributed by atoms with Gasteiger partial charge in [0.25, 0.3) is 0 Å². The van der Waals surface area contributed by atoms with E-state index >= 15 is 0 Å². The smallest absolute Gasteiger partial charge is 0.304 e. The van der Waals surface area contributed by atoms with Crippen molar-refractivity contribution < 1.29 is 14.7 Å². The molecule has 1 amide bonds. The van der Waals surface area contributed by atoms with Crippen LogP contribution in [0.25, 0.3) is 0 Å². The lowest BCUT2D eigenvalue weighted by Gasteiger charge is -2.21. The summed E-state index contributed by atoms with van der Waals surface area (Å²) in [6.45, 7) is 2.39. The van der Waals surface area contributed by atoms with Crippen molar-refractivity contribution in [3.8, 4) is 0 Å². The highest BCUT2D eigenvalue weighted by Crippen LogP contribution is 2.38.